The predicted octanol–water partition coefficient (Wildman–Crippen LogP) is 1.93. The van der Waals surface area contributed by atoms with Crippen LogP contribution in [0.1, 0.15) is 32.1 Å². The van der Waals surface area contributed by atoms with E-state index < -0.39 is 0 Å². The number of hydrogen-bond donors (Lipinski definition) is 2. The van der Waals surface area contributed by atoms with Gasteiger partial charge in [0, 0.05) is 39.9 Å². The molecule has 5 nitrogen and oxygen atoms in total. The number of nitrogens with zero attached hydrogens (tertiary/aromatic N) is 2. The van der Waals surface area contributed by atoms with Gasteiger partial charge < -0.3 is 20.3 Å². The Morgan fingerprint density at radius 3 is 2.73 bits per heavy atom. The van der Waals surface area contributed by atoms with Crippen molar-refractivity contribution in [2.24, 2.45) is 16.8 Å². The zero-order valence-electron chi connectivity index (χ0n) is 14.1. The molecule has 1 aliphatic carbocycles. The maximum Gasteiger partial charge on any atom is 0.190 e. The Morgan fingerprint density at radius 1 is 1.23 bits per heavy atom. The van der Waals surface area contributed by atoms with Gasteiger partial charge in [0.1, 0.15) is 0 Å². The Hall–Kier alpha value is -0.0800. The van der Waals surface area contributed by atoms with Crippen LogP contribution in [0.25, 0.3) is 0 Å². The summed E-state index contributed by atoms with van der Waals surface area (Å²) in [6, 6.07) is 0. The van der Waals surface area contributed by atoms with Crippen LogP contribution in [-0.2, 0) is 4.74 Å². The van der Waals surface area contributed by atoms with Gasteiger partial charge in [-0.2, -0.15) is 0 Å². The van der Waals surface area contributed by atoms with Crippen molar-refractivity contribution in [2.75, 3.05) is 53.5 Å². The lowest BCUT2D eigenvalue weighted by molar-refractivity contribution is 0.123. The summed E-state index contributed by atoms with van der Waals surface area (Å²) >= 11 is 0. The summed E-state index contributed by atoms with van der Waals surface area (Å²) < 4.78 is 5.63. The summed E-state index contributed by atoms with van der Waals surface area (Å²) in [7, 11) is 4.05. The number of piperidine rings is 1. The fourth-order valence-corrected chi connectivity index (χ4v) is 2.82. The lowest BCUT2D eigenvalue weighted by Crippen LogP contribution is -2.43. The molecular weight excluding hydrogens is 391 g/mol. The van der Waals surface area contributed by atoms with Gasteiger partial charge in [-0.1, -0.05) is 0 Å². The normalized spacial score (nSPS) is 23.0. The minimum absolute atomic E-state index is 0. The number of ether oxygens (including phenoxy) is 1. The third kappa shape index (κ3) is 8.53. The maximum absolute atomic E-state index is 5.63. The van der Waals surface area contributed by atoms with Crippen LogP contribution >= 0.6 is 24.0 Å². The topological polar surface area (TPSA) is 48.9 Å². The second-order valence-electron chi connectivity index (χ2n) is 6.52. The molecule has 0 aromatic carbocycles. The van der Waals surface area contributed by atoms with Crippen LogP contribution in [0.5, 0.6) is 0 Å². The lowest BCUT2D eigenvalue weighted by Gasteiger charge is -2.30. The summed E-state index contributed by atoms with van der Waals surface area (Å²) in [6.07, 6.45) is 6.41. The molecule has 130 valence electrons. The minimum atomic E-state index is 0. The quantitative estimate of drug-likeness (QED) is 0.271. The molecule has 0 spiro atoms. The smallest absolute Gasteiger partial charge is 0.190 e. The first-order valence-corrected chi connectivity index (χ1v) is 8.48. The molecule has 2 N–H and O–H groups in total. The molecule has 0 amide bonds. The van der Waals surface area contributed by atoms with Crippen molar-refractivity contribution in [2.45, 2.75) is 32.1 Å². The third-order valence-corrected chi connectivity index (χ3v) is 4.31. The molecule has 0 radical (unpaired) electrons. The van der Waals surface area contributed by atoms with E-state index in [2.05, 4.69) is 27.6 Å². The Morgan fingerprint density at radius 2 is 2.05 bits per heavy atom. The van der Waals surface area contributed by atoms with Crippen molar-refractivity contribution < 1.29 is 4.74 Å². The van der Waals surface area contributed by atoms with E-state index in [0.29, 0.717) is 0 Å². The van der Waals surface area contributed by atoms with Gasteiger partial charge >= 0.3 is 0 Å². The van der Waals surface area contributed by atoms with Crippen molar-refractivity contribution in [1.29, 1.82) is 0 Å². The van der Waals surface area contributed by atoms with Crippen LogP contribution in [-0.4, -0.2) is 64.3 Å². The van der Waals surface area contributed by atoms with Gasteiger partial charge in [0.05, 0.1) is 0 Å². The molecule has 1 saturated carbocycles. The highest BCUT2D eigenvalue weighted by Crippen LogP contribution is 2.28. The van der Waals surface area contributed by atoms with Gasteiger partial charge in [0.2, 0.25) is 0 Å². The number of guanidine groups is 1. The van der Waals surface area contributed by atoms with Crippen LogP contribution in [0.15, 0.2) is 4.99 Å². The van der Waals surface area contributed by atoms with Crippen LogP contribution in [0.2, 0.25) is 0 Å². The van der Waals surface area contributed by atoms with E-state index >= 15 is 0 Å². The SMILES string of the molecule is CN=C(NCCCOCC1CC1)NCC1CCCN(C)C1.I. The summed E-state index contributed by atoms with van der Waals surface area (Å²) in [5.74, 6) is 2.52. The molecule has 6 heteroatoms. The Labute approximate surface area is 152 Å². The molecule has 2 aliphatic rings. The predicted molar refractivity (Wildman–Crippen MR) is 103 cm³/mol. The van der Waals surface area contributed by atoms with Gasteiger partial charge in [-0.05, 0) is 57.5 Å². The monoisotopic (exact) mass is 424 g/mol. The van der Waals surface area contributed by atoms with Crippen molar-refractivity contribution in [3.63, 3.8) is 0 Å². The van der Waals surface area contributed by atoms with Crippen molar-refractivity contribution in [3.05, 3.63) is 0 Å². The molecule has 22 heavy (non-hydrogen) atoms. The molecule has 1 aliphatic heterocycles. The summed E-state index contributed by atoms with van der Waals surface area (Å²) in [4.78, 5) is 6.71. The molecule has 1 unspecified atom stereocenters. The van der Waals surface area contributed by atoms with Crippen molar-refractivity contribution >= 4 is 29.9 Å². The molecule has 0 aromatic rings. The van der Waals surface area contributed by atoms with E-state index in [4.69, 9.17) is 4.74 Å². The third-order valence-electron chi connectivity index (χ3n) is 4.31. The molecular formula is C16H33IN4O. The average molecular weight is 424 g/mol. The van der Waals surface area contributed by atoms with E-state index in [1.165, 1.54) is 38.8 Å². The average Bonchev–Trinajstić information content (AvgIpc) is 3.30. The molecule has 2 rings (SSSR count). The van der Waals surface area contributed by atoms with E-state index in [1.54, 1.807) is 0 Å². The fraction of sp³-hybridized carbons (Fsp3) is 0.938. The highest BCUT2D eigenvalue weighted by Gasteiger charge is 2.20. The van der Waals surface area contributed by atoms with Crippen molar-refractivity contribution in [1.82, 2.24) is 15.5 Å². The van der Waals surface area contributed by atoms with E-state index in [-0.39, 0.29) is 24.0 Å². The first-order chi connectivity index (χ1) is 10.3. The number of nitrogens with one attached hydrogen (secondary N) is 2. The second-order valence-corrected chi connectivity index (χ2v) is 6.52. The zero-order chi connectivity index (χ0) is 14.9. The second kappa shape index (κ2) is 11.5. The first-order valence-electron chi connectivity index (χ1n) is 8.48. The van der Waals surface area contributed by atoms with Gasteiger partial charge in [-0.3, -0.25) is 4.99 Å². The van der Waals surface area contributed by atoms with Crippen LogP contribution in [0.3, 0.4) is 0 Å². The molecule has 1 heterocycles. The largest absolute Gasteiger partial charge is 0.381 e. The highest BCUT2D eigenvalue weighted by molar-refractivity contribution is 14.0. The highest BCUT2D eigenvalue weighted by atomic mass is 127. The maximum atomic E-state index is 5.63. The van der Waals surface area contributed by atoms with Gasteiger partial charge in [0.15, 0.2) is 5.96 Å². The van der Waals surface area contributed by atoms with E-state index in [9.17, 15) is 0 Å². The Bertz CT molecular complexity index is 323. The number of aliphatic imine (C=N–C) groups is 1. The van der Waals surface area contributed by atoms with Crippen LogP contribution < -0.4 is 10.6 Å². The van der Waals surface area contributed by atoms with Crippen molar-refractivity contribution in [3.8, 4) is 0 Å². The summed E-state index contributed by atoms with van der Waals surface area (Å²) in [5.41, 5.74) is 0. The molecule has 0 bridgehead atoms. The fourth-order valence-electron chi connectivity index (χ4n) is 2.82. The zero-order valence-corrected chi connectivity index (χ0v) is 16.5. The van der Waals surface area contributed by atoms with E-state index in [1.807, 2.05) is 7.05 Å². The molecule has 1 atom stereocenters. The molecule has 0 aromatic heterocycles. The standard InChI is InChI=1S/C16H32N4O.HI/c1-17-16(18-8-4-10-21-13-14-6-7-14)19-11-15-5-3-9-20(2)12-15;/h14-15H,3-13H2,1-2H3,(H2,17,18,19);1H. The first kappa shape index (κ1) is 20.0. The number of halogens is 1. The molecule has 2 fully saturated rings. The Balaban J connectivity index is 0.00000242. The van der Waals surface area contributed by atoms with Gasteiger partial charge in [0.25, 0.3) is 0 Å². The molecule has 1 saturated heterocycles. The van der Waals surface area contributed by atoms with Crippen LogP contribution in [0, 0.1) is 11.8 Å². The van der Waals surface area contributed by atoms with Gasteiger partial charge in [-0.15, -0.1) is 24.0 Å². The Kier molecular flexibility index (Phi) is 10.4. The number of rotatable bonds is 8. The summed E-state index contributed by atoms with van der Waals surface area (Å²) in [6.45, 7) is 6.19. The lowest BCUT2D eigenvalue weighted by atomic mass is 9.99. The van der Waals surface area contributed by atoms with Crippen LogP contribution in [0.4, 0.5) is 0 Å². The number of likely N-dealkylation sites (tertiary alicyclic amines) is 1. The van der Waals surface area contributed by atoms with E-state index in [0.717, 1.165) is 50.5 Å². The number of hydrogen-bond acceptors (Lipinski definition) is 3. The summed E-state index contributed by atoms with van der Waals surface area (Å²) in [5, 5.41) is 6.82. The minimum Gasteiger partial charge on any atom is -0.381 e. The van der Waals surface area contributed by atoms with Gasteiger partial charge in [-0.25, -0.2) is 0 Å².